The number of benzene rings is 3. The smallest absolute Gasteiger partial charge is 0.347 e. The van der Waals surface area contributed by atoms with Gasteiger partial charge in [0.2, 0.25) is 11.8 Å². The van der Waals surface area contributed by atoms with Gasteiger partial charge in [-0.3, -0.25) is 0 Å². The lowest BCUT2D eigenvalue weighted by atomic mass is 9.88. The molecule has 0 atom stereocenters. The molecule has 0 unspecified atom stereocenters. The predicted octanol–water partition coefficient (Wildman–Crippen LogP) is 5.86. The molecule has 1 aliphatic heterocycles. The number of para-hydroxylation sites is 2. The molecule has 2 heterocycles. The van der Waals surface area contributed by atoms with Crippen molar-refractivity contribution in [2.24, 2.45) is 4.99 Å². The van der Waals surface area contributed by atoms with E-state index in [1.165, 1.54) is 12.0 Å². The first-order chi connectivity index (χ1) is 15.3. The van der Waals surface area contributed by atoms with Crippen LogP contribution in [0.4, 0.5) is 5.69 Å². The average molecular weight is 406 g/mol. The number of nitrogens with zero attached hydrogens (tertiary/aromatic N) is 2. The second-order valence-corrected chi connectivity index (χ2v) is 7.72. The normalized spacial score (nSPS) is 15.2. The zero-order chi connectivity index (χ0) is 20.8. The lowest BCUT2D eigenvalue weighted by Crippen LogP contribution is -2.14. The maximum atomic E-state index is 12.3. The van der Waals surface area contributed by atoms with E-state index >= 15 is 0 Å². The van der Waals surface area contributed by atoms with E-state index < -0.39 is 5.63 Å². The van der Waals surface area contributed by atoms with E-state index in [0.717, 1.165) is 41.0 Å². The van der Waals surface area contributed by atoms with Gasteiger partial charge in [0.15, 0.2) is 0 Å². The Kier molecular flexibility index (Phi) is 4.06. The van der Waals surface area contributed by atoms with E-state index in [2.05, 4.69) is 11.1 Å². The molecule has 5 nitrogen and oxygen atoms in total. The summed E-state index contributed by atoms with van der Waals surface area (Å²) in [6.45, 7) is 0. The monoisotopic (exact) mass is 406 g/mol. The van der Waals surface area contributed by atoms with E-state index in [0.29, 0.717) is 22.7 Å². The minimum Gasteiger partial charge on any atom is -0.438 e. The molecule has 1 saturated carbocycles. The number of hydrogen-bond acceptors (Lipinski definition) is 5. The lowest BCUT2D eigenvalue weighted by Gasteiger charge is -2.26. The Morgan fingerprint density at radius 1 is 0.806 bits per heavy atom. The van der Waals surface area contributed by atoms with Gasteiger partial charge in [0.25, 0.3) is 0 Å². The van der Waals surface area contributed by atoms with Crippen LogP contribution in [-0.2, 0) is 4.74 Å². The quantitative estimate of drug-likeness (QED) is 0.418. The van der Waals surface area contributed by atoms with Gasteiger partial charge in [0.05, 0.1) is 16.6 Å². The summed E-state index contributed by atoms with van der Waals surface area (Å²) < 4.78 is 11.7. The van der Waals surface area contributed by atoms with E-state index in [4.69, 9.17) is 14.1 Å². The summed E-state index contributed by atoms with van der Waals surface area (Å²) in [5.74, 6) is 1.81. The molecule has 6 rings (SSSR count). The van der Waals surface area contributed by atoms with Gasteiger partial charge in [0, 0.05) is 16.7 Å². The van der Waals surface area contributed by atoms with Crippen molar-refractivity contribution in [2.45, 2.75) is 19.3 Å². The highest BCUT2D eigenvalue weighted by Gasteiger charge is 2.25. The van der Waals surface area contributed by atoms with Crippen molar-refractivity contribution in [1.29, 1.82) is 0 Å². The first-order valence-electron chi connectivity index (χ1n) is 10.3. The van der Waals surface area contributed by atoms with Gasteiger partial charge >= 0.3 is 5.63 Å². The summed E-state index contributed by atoms with van der Waals surface area (Å²) in [6, 6.07) is 22.8. The standard InChI is InChI=1S/C26H18N2O3/c29-26-20-9-2-4-11-22(20)28-25(31-26)18-14-12-17(13-15-18)24-27-21-10-3-1-8-19(21)23(30-24)16-6-5-7-16/h1-4,8-15H,5-7H2. The minimum absolute atomic E-state index is 0.296. The van der Waals surface area contributed by atoms with E-state index in [9.17, 15) is 4.79 Å². The van der Waals surface area contributed by atoms with E-state index in [1.54, 1.807) is 12.1 Å². The van der Waals surface area contributed by atoms with E-state index in [1.807, 2.05) is 54.6 Å². The van der Waals surface area contributed by atoms with Crippen molar-refractivity contribution in [2.75, 3.05) is 0 Å². The number of hydrogen-bond donors (Lipinski definition) is 0. The Balaban J connectivity index is 1.38. The Morgan fingerprint density at radius 3 is 2.35 bits per heavy atom. The Labute approximate surface area is 178 Å². The molecule has 0 spiro atoms. The highest BCUT2D eigenvalue weighted by Crippen LogP contribution is 2.41. The van der Waals surface area contributed by atoms with Crippen molar-refractivity contribution < 1.29 is 9.15 Å². The zero-order valence-electron chi connectivity index (χ0n) is 16.7. The summed E-state index contributed by atoms with van der Waals surface area (Å²) in [6.07, 6.45) is 3.35. The highest BCUT2D eigenvalue weighted by molar-refractivity contribution is 6.02. The number of fused-ring (bicyclic) bond motifs is 2. The van der Waals surface area contributed by atoms with Crippen LogP contribution in [0.3, 0.4) is 0 Å². The van der Waals surface area contributed by atoms with Gasteiger partial charge in [-0.15, -0.1) is 0 Å². The third kappa shape index (κ3) is 3.06. The summed E-state index contributed by atoms with van der Waals surface area (Å²) in [4.78, 5) is 21.5. The van der Waals surface area contributed by atoms with Crippen LogP contribution in [0, 0.1) is 0 Å². The summed E-state index contributed by atoms with van der Waals surface area (Å²) in [5, 5.41) is 0.475. The SMILES string of the molecule is O=c1oc(-c2ccc(C3=Nc4ccccc4C(=C4CCC4)O3)cc2)nc2ccccc12. The van der Waals surface area contributed by atoms with Gasteiger partial charge in [-0.05, 0) is 73.4 Å². The molecule has 1 aliphatic carbocycles. The average Bonchev–Trinajstić information content (AvgIpc) is 2.78. The van der Waals surface area contributed by atoms with Gasteiger partial charge < -0.3 is 9.15 Å². The number of aromatic nitrogens is 1. The van der Waals surface area contributed by atoms with Crippen molar-refractivity contribution in [3.63, 3.8) is 0 Å². The molecule has 0 amide bonds. The number of ether oxygens (including phenoxy) is 1. The van der Waals surface area contributed by atoms with Crippen LogP contribution in [0.25, 0.3) is 28.1 Å². The van der Waals surface area contributed by atoms with Crippen molar-refractivity contribution in [1.82, 2.24) is 4.98 Å². The second-order valence-electron chi connectivity index (χ2n) is 7.72. The Hall–Kier alpha value is -3.99. The Bertz CT molecular complexity index is 1440. The lowest BCUT2D eigenvalue weighted by molar-refractivity contribution is 0.481. The molecule has 3 aromatic carbocycles. The first-order valence-corrected chi connectivity index (χ1v) is 10.3. The third-order valence-corrected chi connectivity index (χ3v) is 5.76. The molecule has 0 radical (unpaired) electrons. The van der Waals surface area contributed by atoms with Gasteiger partial charge in [-0.25, -0.2) is 14.8 Å². The summed E-state index contributed by atoms with van der Waals surface area (Å²) in [5.41, 5.74) is 5.13. The van der Waals surface area contributed by atoms with Crippen molar-refractivity contribution in [3.8, 4) is 11.5 Å². The maximum absolute atomic E-state index is 12.3. The van der Waals surface area contributed by atoms with Crippen LogP contribution in [0.5, 0.6) is 0 Å². The molecular formula is C26H18N2O3. The zero-order valence-corrected chi connectivity index (χ0v) is 16.7. The Morgan fingerprint density at radius 2 is 1.55 bits per heavy atom. The fourth-order valence-corrected chi connectivity index (χ4v) is 3.91. The predicted molar refractivity (Wildman–Crippen MR) is 120 cm³/mol. The summed E-state index contributed by atoms with van der Waals surface area (Å²) in [7, 11) is 0. The third-order valence-electron chi connectivity index (χ3n) is 5.76. The van der Waals surface area contributed by atoms with Gasteiger partial charge in [-0.1, -0.05) is 24.3 Å². The van der Waals surface area contributed by atoms with Crippen molar-refractivity contribution >= 4 is 28.2 Å². The topological polar surface area (TPSA) is 64.7 Å². The molecule has 0 saturated heterocycles. The largest absolute Gasteiger partial charge is 0.438 e. The van der Waals surface area contributed by atoms with Gasteiger partial charge in [-0.2, -0.15) is 0 Å². The second kappa shape index (κ2) is 7.06. The minimum atomic E-state index is -0.391. The van der Waals surface area contributed by atoms with Crippen LogP contribution >= 0.6 is 0 Å². The molecule has 1 fully saturated rings. The molecule has 150 valence electrons. The van der Waals surface area contributed by atoms with Crippen LogP contribution in [0.1, 0.15) is 30.4 Å². The fraction of sp³-hybridized carbons (Fsp3) is 0.115. The van der Waals surface area contributed by atoms with Crippen molar-refractivity contribution in [3.05, 3.63) is 99.9 Å². The first kappa shape index (κ1) is 17.8. The molecule has 31 heavy (non-hydrogen) atoms. The fourth-order valence-electron chi connectivity index (χ4n) is 3.91. The number of aliphatic imine (C=N–C) groups is 1. The molecule has 5 heteroatoms. The molecule has 0 bridgehead atoms. The van der Waals surface area contributed by atoms with Gasteiger partial charge in [0.1, 0.15) is 5.76 Å². The van der Waals surface area contributed by atoms with Crippen LogP contribution < -0.4 is 5.63 Å². The highest BCUT2D eigenvalue weighted by atomic mass is 16.5. The number of rotatable bonds is 2. The molecule has 2 aliphatic rings. The molecule has 0 N–H and O–H groups in total. The summed E-state index contributed by atoms with van der Waals surface area (Å²) >= 11 is 0. The van der Waals surface area contributed by atoms with Crippen LogP contribution in [0.2, 0.25) is 0 Å². The maximum Gasteiger partial charge on any atom is 0.347 e. The molecule has 1 aromatic heterocycles. The number of allylic oxidation sites excluding steroid dienone is 1. The molecular weight excluding hydrogens is 388 g/mol. The van der Waals surface area contributed by atoms with E-state index in [-0.39, 0.29) is 0 Å². The van der Waals surface area contributed by atoms with Crippen LogP contribution in [0.15, 0.2) is 92.6 Å². The van der Waals surface area contributed by atoms with Crippen LogP contribution in [-0.4, -0.2) is 10.9 Å². The molecule has 4 aromatic rings.